The van der Waals surface area contributed by atoms with Crippen molar-refractivity contribution in [3.63, 3.8) is 0 Å². The van der Waals surface area contributed by atoms with Gasteiger partial charge in [-0.2, -0.15) is 4.98 Å². The van der Waals surface area contributed by atoms with E-state index in [0.29, 0.717) is 0 Å². The summed E-state index contributed by atoms with van der Waals surface area (Å²) in [4.78, 5) is 44.7. The quantitative estimate of drug-likeness (QED) is 0.0859. The molecule has 6 heterocycles. The Morgan fingerprint density at radius 1 is 0.953 bits per heavy atom. The molecule has 2 saturated heterocycles. The molecule has 0 aliphatic carbocycles. The molecule has 0 bridgehead atoms. The number of phosphoric ester groups is 1. The molecule has 43 heavy (non-hydrogen) atoms. The number of rotatable bonds is 8. The molecular formula is C20H28N11O11P. The van der Waals surface area contributed by atoms with Crippen molar-refractivity contribution in [2.24, 2.45) is 0 Å². The predicted molar refractivity (Wildman–Crippen MR) is 141 cm³/mol. The summed E-state index contributed by atoms with van der Waals surface area (Å²) in [5, 5.41) is 41.8. The number of fused-ring (bicyclic) bond motifs is 2. The zero-order valence-electron chi connectivity index (χ0n) is 21.9. The monoisotopic (exact) mass is 629 g/mol. The highest BCUT2D eigenvalue weighted by atomic mass is 31.2. The number of H-pyrrole nitrogens is 1. The van der Waals surface area contributed by atoms with Crippen LogP contribution in [0.25, 0.3) is 22.3 Å². The Balaban J connectivity index is 0.00000368. The molecule has 9 atom stereocenters. The van der Waals surface area contributed by atoms with Crippen molar-refractivity contribution < 1.29 is 48.4 Å². The number of anilines is 2. The molecule has 2 fully saturated rings. The number of nitrogens with one attached hydrogen (secondary N) is 1. The molecule has 4 aromatic heterocycles. The first-order valence-corrected chi connectivity index (χ1v) is 13.8. The van der Waals surface area contributed by atoms with Gasteiger partial charge >= 0.3 is 7.82 Å². The van der Waals surface area contributed by atoms with Gasteiger partial charge in [0.25, 0.3) is 5.56 Å². The number of aliphatic hydroxyl groups is 4. The van der Waals surface area contributed by atoms with Crippen LogP contribution in [0.5, 0.6) is 0 Å². The van der Waals surface area contributed by atoms with E-state index in [-0.39, 0.29) is 40.2 Å². The third kappa shape index (κ3) is 5.34. The van der Waals surface area contributed by atoms with Crippen LogP contribution in [0.4, 0.5) is 11.8 Å². The number of aromatic amines is 1. The van der Waals surface area contributed by atoms with Gasteiger partial charge in [0.2, 0.25) is 5.95 Å². The first-order chi connectivity index (χ1) is 20.0. The van der Waals surface area contributed by atoms with Gasteiger partial charge < -0.3 is 52.4 Å². The van der Waals surface area contributed by atoms with E-state index < -0.39 is 75.7 Å². The van der Waals surface area contributed by atoms with Crippen LogP contribution >= 0.6 is 7.82 Å². The molecule has 2 aliphatic rings. The van der Waals surface area contributed by atoms with Crippen LogP contribution in [0.2, 0.25) is 0 Å². The highest BCUT2D eigenvalue weighted by Crippen LogP contribution is 2.49. The lowest BCUT2D eigenvalue weighted by Gasteiger charge is -2.23. The molecule has 0 saturated carbocycles. The summed E-state index contributed by atoms with van der Waals surface area (Å²) in [5.74, 6) is -0.148. The first kappa shape index (κ1) is 30.8. The van der Waals surface area contributed by atoms with E-state index >= 15 is 0 Å². The molecule has 234 valence electrons. The Hall–Kier alpha value is -3.67. The summed E-state index contributed by atoms with van der Waals surface area (Å²) in [7, 11) is -5.02. The third-order valence-electron chi connectivity index (χ3n) is 6.87. The van der Waals surface area contributed by atoms with Crippen molar-refractivity contribution in [2.75, 3.05) is 24.7 Å². The average Bonchev–Trinajstić information content (AvgIpc) is 3.69. The van der Waals surface area contributed by atoms with Gasteiger partial charge in [-0.15, -0.1) is 0 Å². The minimum absolute atomic E-state index is 0. The van der Waals surface area contributed by atoms with Crippen LogP contribution in [0, 0.1) is 0 Å². The Kier molecular flexibility index (Phi) is 8.19. The van der Waals surface area contributed by atoms with Crippen molar-refractivity contribution in [3.8, 4) is 0 Å². The van der Waals surface area contributed by atoms with Gasteiger partial charge in [-0.05, 0) is 0 Å². The number of nitrogen functional groups attached to an aromatic ring is 2. The van der Waals surface area contributed by atoms with Crippen LogP contribution < -0.4 is 23.2 Å². The Morgan fingerprint density at radius 2 is 1.60 bits per heavy atom. The smallest absolute Gasteiger partial charge is 0.394 e. The maximum Gasteiger partial charge on any atom is 0.472 e. The fraction of sp³-hybridized carbons (Fsp3) is 0.500. The molecule has 0 aromatic carbocycles. The molecule has 4 aromatic rings. The average molecular weight is 629 g/mol. The molecule has 13 N–H and O–H groups in total. The Bertz CT molecular complexity index is 1730. The van der Waals surface area contributed by atoms with Gasteiger partial charge in [0.05, 0.1) is 25.9 Å². The third-order valence-corrected chi connectivity index (χ3v) is 7.85. The minimum atomic E-state index is -5.02. The molecule has 6 rings (SSSR count). The summed E-state index contributed by atoms with van der Waals surface area (Å²) in [6.07, 6.45) is -8.00. The van der Waals surface area contributed by atoms with E-state index in [1.54, 1.807) is 0 Å². The van der Waals surface area contributed by atoms with Gasteiger partial charge in [-0.1, -0.05) is 0 Å². The molecule has 1 unspecified atom stereocenters. The van der Waals surface area contributed by atoms with E-state index in [1.165, 1.54) is 17.2 Å². The van der Waals surface area contributed by atoms with E-state index in [1.807, 2.05) is 0 Å². The summed E-state index contributed by atoms with van der Waals surface area (Å²) in [5.41, 5.74) is 11.0. The Morgan fingerprint density at radius 3 is 2.33 bits per heavy atom. The van der Waals surface area contributed by atoms with E-state index in [2.05, 4.69) is 29.9 Å². The Labute approximate surface area is 239 Å². The zero-order chi connectivity index (χ0) is 29.9. The fourth-order valence-electron chi connectivity index (χ4n) is 4.86. The second kappa shape index (κ2) is 11.4. The second-order valence-electron chi connectivity index (χ2n) is 9.48. The van der Waals surface area contributed by atoms with Crippen molar-refractivity contribution >= 4 is 41.9 Å². The number of nitrogens with zero attached hydrogens (tertiary/aromatic N) is 7. The highest BCUT2D eigenvalue weighted by Gasteiger charge is 2.50. The number of ether oxygens (including phenoxy) is 2. The van der Waals surface area contributed by atoms with Crippen molar-refractivity contribution in [2.45, 2.75) is 49.1 Å². The van der Waals surface area contributed by atoms with Crippen molar-refractivity contribution in [3.05, 3.63) is 29.3 Å². The number of aromatic nitrogens is 8. The predicted octanol–water partition coefficient (Wildman–Crippen LogP) is -3.34. The SMILES string of the molecule is N.Nc1nc2c(ncn2[C@@H]2O[C@H](CO)[C@@H](OP(=O)(O)OC[C@H]3O[C@@H](n4cnc5c(N)ncnc54)[C@H](O)[C@@H]3O)[C@H]2O)c(=O)[nH]1. The number of aliphatic hydroxyl groups excluding tert-OH is 4. The second-order valence-corrected chi connectivity index (χ2v) is 10.9. The number of imidazole rings is 2. The largest absolute Gasteiger partial charge is 0.472 e. The van der Waals surface area contributed by atoms with Crippen molar-refractivity contribution in [1.29, 1.82) is 0 Å². The lowest BCUT2D eigenvalue weighted by atomic mass is 10.1. The van der Waals surface area contributed by atoms with Crippen LogP contribution in [0.1, 0.15) is 12.5 Å². The van der Waals surface area contributed by atoms with Gasteiger partial charge in [-0.3, -0.25) is 28.0 Å². The molecule has 0 amide bonds. The molecule has 22 nitrogen and oxygen atoms in total. The fourth-order valence-corrected chi connectivity index (χ4v) is 5.82. The maximum atomic E-state index is 12.9. The summed E-state index contributed by atoms with van der Waals surface area (Å²) in [6, 6.07) is 0. The summed E-state index contributed by atoms with van der Waals surface area (Å²) < 4.78 is 36.8. The molecule has 2 aliphatic heterocycles. The highest BCUT2D eigenvalue weighted by molar-refractivity contribution is 7.47. The number of hydrogen-bond acceptors (Lipinski definition) is 18. The first-order valence-electron chi connectivity index (χ1n) is 12.3. The molecule has 0 spiro atoms. The maximum absolute atomic E-state index is 12.9. The van der Waals surface area contributed by atoms with Gasteiger partial charge in [-0.25, -0.2) is 24.5 Å². The number of nitrogens with two attached hydrogens (primary N) is 2. The summed E-state index contributed by atoms with van der Waals surface area (Å²) >= 11 is 0. The lowest BCUT2D eigenvalue weighted by molar-refractivity contribution is -0.0585. The normalized spacial score (nSPS) is 30.5. The van der Waals surface area contributed by atoms with Crippen LogP contribution in [0.3, 0.4) is 0 Å². The van der Waals surface area contributed by atoms with Crippen molar-refractivity contribution in [1.82, 2.24) is 45.2 Å². The van der Waals surface area contributed by atoms with Gasteiger partial charge in [0.15, 0.2) is 35.1 Å². The molecule has 23 heteroatoms. The van der Waals surface area contributed by atoms with Crippen LogP contribution in [0.15, 0.2) is 23.8 Å². The van der Waals surface area contributed by atoms with Gasteiger partial charge in [0.1, 0.15) is 48.5 Å². The van der Waals surface area contributed by atoms with E-state index in [9.17, 15) is 34.7 Å². The summed E-state index contributed by atoms with van der Waals surface area (Å²) in [6.45, 7) is -1.48. The topological polar surface area (TPSA) is 349 Å². The molecular weight excluding hydrogens is 601 g/mol. The van der Waals surface area contributed by atoms with E-state index in [0.717, 1.165) is 10.9 Å². The standard InChI is InChI=1S/C20H25N10O11P.H3N/c21-14-8-15(24-3-23-14)29(4-25-8)18-11(33)10(32)7(40-18)2-38-42(36,37)41-13-6(1-31)39-19(12(13)34)30-5-26-9-16(30)27-20(22)28-17(9)35;/h3-7,10-13,18-19,31-34H,1-2H2,(H,36,37)(H2,21,23,24)(H3,22,27,28,35);1H3/t6-,7-,10-,11-,12-,13-,18-,19-;/m1./s1. The molecule has 0 radical (unpaired) electrons. The van der Waals surface area contributed by atoms with Crippen LogP contribution in [-0.2, 0) is 23.1 Å². The zero-order valence-corrected chi connectivity index (χ0v) is 22.8. The van der Waals surface area contributed by atoms with E-state index in [4.69, 9.17) is 30.0 Å². The minimum Gasteiger partial charge on any atom is -0.394 e. The van der Waals surface area contributed by atoms with Crippen LogP contribution in [-0.4, -0.2) is 114 Å². The number of phosphoric acid groups is 1. The lowest BCUT2D eigenvalue weighted by Crippen LogP contribution is -2.36. The van der Waals surface area contributed by atoms with Gasteiger partial charge in [0, 0.05) is 0 Å². The number of hydrogen-bond donors (Lipinski definition) is 9.